The van der Waals surface area contributed by atoms with Crippen molar-refractivity contribution < 1.29 is 13.9 Å². The maximum Gasteiger partial charge on any atom is 0.242 e. The fraction of sp³-hybridized carbons (Fsp3) is 0.208. The molecule has 4 nitrogen and oxygen atoms in total. The van der Waals surface area contributed by atoms with Gasteiger partial charge in [0, 0.05) is 12.2 Å². The summed E-state index contributed by atoms with van der Waals surface area (Å²) in [5.41, 5.74) is 2.94. The lowest BCUT2D eigenvalue weighted by atomic mass is 10.1. The number of ether oxygens (including phenoxy) is 1. The quantitative estimate of drug-likeness (QED) is 0.561. The van der Waals surface area contributed by atoms with Crippen LogP contribution >= 0.6 is 0 Å². The lowest BCUT2D eigenvalue weighted by molar-refractivity contribution is -0.121. The van der Waals surface area contributed by atoms with Crippen LogP contribution in [0.4, 0.5) is 10.1 Å². The van der Waals surface area contributed by atoms with E-state index in [-0.39, 0.29) is 17.8 Å². The largest absolute Gasteiger partial charge is 0.489 e. The molecule has 0 aromatic heterocycles. The molecule has 0 aliphatic carbocycles. The third-order valence-corrected chi connectivity index (χ3v) is 4.51. The van der Waals surface area contributed by atoms with Crippen molar-refractivity contribution in [1.82, 2.24) is 5.32 Å². The molecule has 0 radical (unpaired) electrons. The molecule has 0 saturated carbocycles. The van der Waals surface area contributed by atoms with Crippen molar-refractivity contribution >= 4 is 11.6 Å². The second-order valence-corrected chi connectivity index (χ2v) is 6.83. The van der Waals surface area contributed by atoms with Gasteiger partial charge in [0.1, 0.15) is 24.2 Å². The Hall–Kier alpha value is -3.34. The number of carbonyl (C=O) groups excluding carboxylic acids is 1. The molecule has 150 valence electrons. The van der Waals surface area contributed by atoms with Gasteiger partial charge in [-0.25, -0.2) is 4.39 Å². The summed E-state index contributed by atoms with van der Waals surface area (Å²) in [5, 5.41) is 6.08. The monoisotopic (exact) mass is 392 g/mol. The van der Waals surface area contributed by atoms with E-state index in [9.17, 15) is 9.18 Å². The molecule has 0 saturated heterocycles. The molecular formula is C24H25FN2O2. The van der Waals surface area contributed by atoms with E-state index in [2.05, 4.69) is 10.6 Å². The topological polar surface area (TPSA) is 50.4 Å². The number of nitrogens with one attached hydrogen (secondary N) is 2. The van der Waals surface area contributed by atoms with Gasteiger partial charge in [-0.1, -0.05) is 42.5 Å². The average Bonchev–Trinajstić information content (AvgIpc) is 2.75. The molecule has 1 unspecified atom stereocenters. The van der Waals surface area contributed by atoms with Crippen LogP contribution in [0.2, 0.25) is 0 Å². The number of anilines is 1. The summed E-state index contributed by atoms with van der Waals surface area (Å²) in [7, 11) is 0. The summed E-state index contributed by atoms with van der Waals surface area (Å²) in [6, 6.07) is 23.5. The molecule has 2 N–H and O–H groups in total. The third-order valence-electron chi connectivity index (χ3n) is 4.51. The van der Waals surface area contributed by atoms with Crippen molar-refractivity contribution in [3.63, 3.8) is 0 Å². The Bertz CT molecular complexity index is 896. The van der Waals surface area contributed by atoms with Crippen LogP contribution < -0.4 is 15.4 Å². The minimum Gasteiger partial charge on any atom is -0.489 e. The maximum atomic E-state index is 12.9. The van der Waals surface area contributed by atoms with Gasteiger partial charge in [-0.2, -0.15) is 0 Å². The Morgan fingerprint density at radius 2 is 1.62 bits per heavy atom. The molecule has 1 atom stereocenters. The second-order valence-electron chi connectivity index (χ2n) is 6.83. The van der Waals surface area contributed by atoms with Crippen LogP contribution in [0.15, 0.2) is 78.9 Å². The van der Waals surface area contributed by atoms with Gasteiger partial charge >= 0.3 is 0 Å². The summed E-state index contributed by atoms with van der Waals surface area (Å²) in [6.45, 7) is 2.83. The first-order chi connectivity index (χ1) is 14.1. The van der Waals surface area contributed by atoms with E-state index in [0.29, 0.717) is 19.6 Å². The maximum absolute atomic E-state index is 12.9. The first-order valence-corrected chi connectivity index (χ1v) is 9.65. The van der Waals surface area contributed by atoms with Gasteiger partial charge in [-0.05, 0) is 60.9 Å². The van der Waals surface area contributed by atoms with E-state index in [1.165, 1.54) is 12.1 Å². The van der Waals surface area contributed by atoms with Crippen LogP contribution in [0.3, 0.4) is 0 Å². The lowest BCUT2D eigenvalue weighted by Gasteiger charge is -2.16. The molecule has 3 aromatic carbocycles. The Morgan fingerprint density at radius 1 is 0.931 bits per heavy atom. The molecule has 0 spiro atoms. The van der Waals surface area contributed by atoms with Crippen LogP contribution in [0.5, 0.6) is 5.75 Å². The highest BCUT2D eigenvalue weighted by atomic mass is 19.1. The van der Waals surface area contributed by atoms with Gasteiger partial charge in [0.15, 0.2) is 0 Å². The van der Waals surface area contributed by atoms with Crippen LogP contribution in [0, 0.1) is 5.82 Å². The number of rotatable bonds is 9. The normalized spacial score (nSPS) is 11.5. The zero-order chi connectivity index (χ0) is 20.5. The summed E-state index contributed by atoms with van der Waals surface area (Å²) >= 11 is 0. The summed E-state index contributed by atoms with van der Waals surface area (Å²) in [4.78, 5) is 12.3. The minimum absolute atomic E-state index is 0.0866. The van der Waals surface area contributed by atoms with Crippen molar-refractivity contribution in [2.45, 2.75) is 26.0 Å². The van der Waals surface area contributed by atoms with Gasteiger partial charge < -0.3 is 15.4 Å². The van der Waals surface area contributed by atoms with E-state index in [1.54, 1.807) is 12.1 Å². The van der Waals surface area contributed by atoms with Gasteiger partial charge in [0.25, 0.3) is 0 Å². The molecule has 0 aliphatic heterocycles. The molecule has 0 bridgehead atoms. The molecule has 0 heterocycles. The second kappa shape index (κ2) is 10.3. The van der Waals surface area contributed by atoms with Gasteiger partial charge in [-0.15, -0.1) is 0 Å². The number of hydrogen-bond acceptors (Lipinski definition) is 3. The SMILES string of the molecule is CC(Nc1ccc(OCc2ccccc2)cc1)C(=O)NCCc1ccc(F)cc1. The smallest absolute Gasteiger partial charge is 0.242 e. The Balaban J connectivity index is 1.41. The molecule has 5 heteroatoms. The van der Waals surface area contributed by atoms with E-state index in [4.69, 9.17) is 4.74 Å². The van der Waals surface area contributed by atoms with Gasteiger partial charge in [-0.3, -0.25) is 4.79 Å². The molecule has 29 heavy (non-hydrogen) atoms. The molecule has 3 rings (SSSR count). The van der Waals surface area contributed by atoms with Crippen molar-refractivity contribution in [2.24, 2.45) is 0 Å². The van der Waals surface area contributed by atoms with E-state index in [1.807, 2.05) is 61.5 Å². The van der Waals surface area contributed by atoms with Crippen molar-refractivity contribution in [3.8, 4) is 5.75 Å². The first kappa shape index (κ1) is 20.4. The number of halogens is 1. The number of benzene rings is 3. The minimum atomic E-state index is -0.376. The Morgan fingerprint density at radius 3 is 2.31 bits per heavy atom. The zero-order valence-electron chi connectivity index (χ0n) is 16.4. The first-order valence-electron chi connectivity index (χ1n) is 9.65. The molecule has 3 aromatic rings. The molecule has 0 fully saturated rings. The fourth-order valence-corrected chi connectivity index (χ4v) is 2.84. The lowest BCUT2D eigenvalue weighted by Crippen LogP contribution is -2.38. The van der Waals surface area contributed by atoms with Crippen LogP contribution in [0.1, 0.15) is 18.1 Å². The van der Waals surface area contributed by atoms with E-state index in [0.717, 1.165) is 22.6 Å². The Labute approximate surface area is 170 Å². The predicted octanol–water partition coefficient (Wildman–Crippen LogP) is 4.56. The highest BCUT2D eigenvalue weighted by Gasteiger charge is 2.12. The van der Waals surface area contributed by atoms with Crippen molar-refractivity contribution in [3.05, 3.63) is 95.8 Å². The highest BCUT2D eigenvalue weighted by molar-refractivity contribution is 5.84. The van der Waals surface area contributed by atoms with Gasteiger partial charge in [0.2, 0.25) is 5.91 Å². The fourth-order valence-electron chi connectivity index (χ4n) is 2.84. The standard InChI is InChI=1S/C24H25FN2O2/c1-18(24(28)26-16-15-19-7-9-21(25)10-8-19)27-22-11-13-23(14-12-22)29-17-20-5-3-2-4-6-20/h2-14,18,27H,15-17H2,1H3,(H,26,28). The predicted molar refractivity (Wildman–Crippen MR) is 113 cm³/mol. The van der Waals surface area contributed by atoms with Gasteiger partial charge in [0.05, 0.1) is 0 Å². The van der Waals surface area contributed by atoms with E-state index >= 15 is 0 Å². The zero-order valence-corrected chi connectivity index (χ0v) is 16.4. The average molecular weight is 392 g/mol. The summed E-state index contributed by atoms with van der Waals surface area (Å²) in [6.07, 6.45) is 0.659. The van der Waals surface area contributed by atoms with Crippen LogP contribution in [-0.4, -0.2) is 18.5 Å². The number of amides is 1. The van der Waals surface area contributed by atoms with Crippen molar-refractivity contribution in [1.29, 1.82) is 0 Å². The summed E-state index contributed by atoms with van der Waals surface area (Å²) in [5.74, 6) is 0.430. The number of carbonyl (C=O) groups is 1. The number of hydrogen-bond donors (Lipinski definition) is 2. The highest BCUT2D eigenvalue weighted by Crippen LogP contribution is 2.17. The molecule has 1 amide bonds. The Kier molecular flexibility index (Phi) is 7.22. The van der Waals surface area contributed by atoms with E-state index < -0.39 is 0 Å². The third kappa shape index (κ3) is 6.64. The van der Waals surface area contributed by atoms with Crippen LogP contribution in [-0.2, 0) is 17.8 Å². The molecule has 0 aliphatic rings. The summed E-state index contributed by atoms with van der Waals surface area (Å²) < 4.78 is 18.7. The van der Waals surface area contributed by atoms with Crippen molar-refractivity contribution in [2.75, 3.05) is 11.9 Å². The van der Waals surface area contributed by atoms with Crippen LogP contribution in [0.25, 0.3) is 0 Å². The molecular weight excluding hydrogens is 367 g/mol.